The Labute approximate surface area is 171 Å². The fraction of sp³-hybridized carbons (Fsp3) is 0.619. The van der Waals surface area contributed by atoms with Crippen LogP contribution in [0, 0.1) is 0 Å². The van der Waals surface area contributed by atoms with E-state index in [9.17, 15) is 9.59 Å². The van der Waals surface area contributed by atoms with Gasteiger partial charge in [0.1, 0.15) is 13.2 Å². The molecule has 8 nitrogen and oxygen atoms in total. The van der Waals surface area contributed by atoms with Crippen LogP contribution in [0.5, 0.6) is 11.5 Å². The molecule has 2 amide bonds. The first-order chi connectivity index (χ1) is 14.2. The van der Waals surface area contributed by atoms with E-state index in [-0.39, 0.29) is 18.0 Å². The summed E-state index contributed by atoms with van der Waals surface area (Å²) in [5.74, 6) is 1.69. The monoisotopic (exact) mass is 403 g/mol. The molecular weight excluding hydrogens is 374 g/mol. The highest BCUT2D eigenvalue weighted by molar-refractivity contribution is 5.79. The SMILES string of the molecule is CCOC(=O)N1CCN(CC(=O)N2CCC[C@@H]2c2ccc3c(c2)OCCO3)CC1. The summed E-state index contributed by atoms with van der Waals surface area (Å²) in [5.41, 5.74) is 1.10. The van der Waals surface area contributed by atoms with Crippen LogP contribution < -0.4 is 9.47 Å². The van der Waals surface area contributed by atoms with E-state index in [1.54, 1.807) is 11.8 Å². The Hall–Kier alpha value is -2.48. The van der Waals surface area contributed by atoms with Crippen LogP contribution >= 0.6 is 0 Å². The molecular formula is C21H29N3O5. The van der Waals surface area contributed by atoms with Crippen molar-refractivity contribution < 1.29 is 23.8 Å². The number of rotatable bonds is 4. The number of hydrogen-bond acceptors (Lipinski definition) is 6. The van der Waals surface area contributed by atoms with Crippen molar-refractivity contribution in [2.75, 3.05) is 59.1 Å². The second-order valence-corrected chi connectivity index (χ2v) is 7.61. The fourth-order valence-corrected chi connectivity index (χ4v) is 4.26. The third-order valence-corrected chi connectivity index (χ3v) is 5.78. The van der Waals surface area contributed by atoms with Gasteiger partial charge in [0.15, 0.2) is 11.5 Å². The fourth-order valence-electron chi connectivity index (χ4n) is 4.26. The van der Waals surface area contributed by atoms with Crippen LogP contribution in [-0.4, -0.2) is 85.8 Å². The predicted octanol–water partition coefficient (Wildman–Crippen LogP) is 1.90. The maximum Gasteiger partial charge on any atom is 0.409 e. The van der Waals surface area contributed by atoms with Gasteiger partial charge in [-0.05, 0) is 37.5 Å². The van der Waals surface area contributed by atoms with E-state index in [1.165, 1.54) is 0 Å². The summed E-state index contributed by atoms with van der Waals surface area (Å²) < 4.78 is 16.4. The quantitative estimate of drug-likeness (QED) is 0.765. The molecule has 0 N–H and O–H groups in total. The normalized spacial score (nSPS) is 21.9. The van der Waals surface area contributed by atoms with Gasteiger partial charge in [0.2, 0.25) is 5.91 Å². The number of carbonyl (C=O) groups is 2. The highest BCUT2D eigenvalue weighted by Gasteiger charge is 2.32. The average molecular weight is 403 g/mol. The van der Waals surface area contributed by atoms with Gasteiger partial charge in [0.25, 0.3) is 0 Å². The molecule has 8 heteroatoms. The van der Waals surface area contributed by atoms with Crippen LogP contribution in [0.2, 0.25) is 0 Å². The first-order valence-electron chi connectivity index (χ1n) is 10.5. The van der Waals surface area contributed by atoms with E-state index >= 15 is 0 Å². The largest absolute Gasteiger partial charge is 0.486 e. The Bertz CT molecular complexity index is 748. The number of carbonyl (C=O) groups excluding carboxylic acids is 2. The smallest absolute Gasteiger partial charge is 0.409 e. The average Bonchev–Trinajstić information content (AvgIpc) is 3.24. The zero-order valence-corrected chi connectivity index (χ0v) is 17.0. The lowest BCUT2D eigenvalue weighted by atomic mass is 10.0. The predicted molar refractivity (Wildman–Crippen MR) is 106 cm³/mol. The van der Waals surface area contributed by atoms with Gasteiger partial charge in [0.05, 0.1) is 19.2 Å². The third kappa shape index (κ3) is 4.42. The number of piperazine rings is 1. The van der Waals surface area contributed by atoms with Crippen LogP contribution in [0.3, 0.4) is 0 Å². The van der Waals surface area contributed by atoms with Crippen molar-refractivity contribution in [3.63, 3.8) is 0 Å². The van der Waals surface area contributed by atoms with Crippen LogP contribution in [-0.2, 0) is 9.53 Å². The van der Waals surface area contributed by atoms with Crippen LogP contribution in [0.25, 0.3) is 0 Å². The molecule has 0 bridgehead atoms. The molecule has 0 spiro atoms. The van der Waals surface area contributed by atoms with E-state index in [1.807, 2.05) is 23.1 Å². The van der Waals surface area contributed by atoms with Crippen molar-refractivity contribution in [3.8, 4) is 11.5 Å². The van der Waals surface area contributed by atoms with Gasteiger partial charge in [-0.3, -0.25) is 9.69 Å². The van der Waals surface area contributed by atoms with Crippen LogP contribution in [0.15, 0.2) is 18.2 Å². The minimum absolute atomic E-state index is 0.0825. The van der Waals surface area contributed by atoms with Crippen molar-refractivity contribution in [2.24, 2.45) is 0 Å². The second-order valence-electron chi connectivity index (χ2n) is 7.61. The molecule has 1 atom stereocenters. The number of hydrogen-bond donors (Lipinski definition) is 0. The molecule has 2 saturated heterocycles. The standard InChI is InChI=1S/C21H29N3O5/c1-2-27-21(26)23-10-8-22(9-11-23)15-20(25)24-7-3-4-17(24)16-5-6-18-19(14-16)29-13-12-28-18/h5-6,14,17H,2-4,7-13,15H2,1H3/t17-/m1/s1. The number of fused-ring (bicyclic) bond motifs is 1. The zero-order valence-electron chi connectivity index (χ0n) is 17.0. The molecule has 0 unspecified atom stereocenters. The molecule has 2 fully saturated rings. The van der Waals surface area contributed by atoms with E-state index in [0.717, 1.165) is 36.4 Å². The van der Waals surface area contributed by atoms with Crippen molar-refractivity contribution in [2.45, 2.75) is 25.8 Å². The highest BCUT2D eigenvalue weighted by atomic mass is 16.6. The van der Waals surface area contributed by atoms with Gasteiger partial charge in [-0.15, -0.1) is 0 Å². The molecule has 0 radical (unpaired) electrons. The summed E-state index contributed by atoms with van der Waals surface area (Å²) in [7, 11) is 0. The van der Waals surface area contributed by atoms with Gasteiger partial charge in [-0.2, -0.15) is 0 Å². The molecule has 0 aliphatic carbocycles. The molecule has 3 heterocycles. The summed E-state index contributed by atoms with van der Waals surface area (Å²) in [5, 5.41) is 0. The molecule has 0 saturated carbocycles. The lowest BCUT2D eigenvalue weighted by molar-refractivity contribution is -0.133. The molecule has 1 aromatic carbocycles. The molecule has 4 rings (SSSR count). The van der Waals surface area contributed by atoms with Gasteiger partial charge in [-0.25, -0.2) is 4.79 Å². The Morgan fingerprint density at radius 3 is 2.59 bits per heavy atom. The van der Waals surface area contributed by atoms with Gasteiger partial charge < -0.3 is 24.0 Å². The minimum atomic E-state index is -0.267. The number of amides is 2. The first-order valence-corrected chi connectivity index (χ1v) is 10.5. The maximum absolute atomic E-state index is 13.0. The Kier molecular flexibility index (Phi) is 6.08. The van der Waals surface area contributed by atoms with Crippen LogP contribution in [0.4, 0.5) is 4.79 Å². The first kappa shape index (κ1) is 19.8. The van der Waals surface area contributed by atoms with E-state index in [2.05, 4.69) is 4.90 Å². The number of likely N-dealkylation sites (tertiary alicyclic amines) is 1. The summed E-state index contributed by atoms with van der Waals surface area (Å²) >= 11 is 0. The van der Waals surface area contributed by atoms with Gasteiger partial charge >= 0.3 is 6.09 Å². The van der Waals surface area contributed by atoms with E-state index < -0.39 is 0 Å². The summed E-state index contributed by atoms with van der Waals surface area (Å²) in [6.45, 7) is 7.05. The van der Waals surface area contributed by atoms with E-state index in [4.69, 9.17) is 14.2 Å². The highest BCUT2D eigenvalue weighted by Crippen LogP contribution is 2.38. The van der Waals surface area contributed by atoms with Crippen molar-refractivity contribution in [3.05, 3.63) is 23.8 Å². The number of ether oxygens (including phenoxy) is 3. The molecule has 3 aliphatic rings. The van der Waals surface area contributed by atoms with Crippen molar-refractivity contribution >= 4 is 12.0 Å². The number of benzene rings is 1. The maximum atomic E-state index is 13.0. The van der Waals surface area contributed by atoms with Gasteiger partial charge in [-0.1, -0.05) is 6.07 Å². The number of nitrogens with zero attached hydrogens (tertiary/aromatic N) is 3. The Balaban J connectivity index is 1.34. The lowest BCUT2D eigenvalue weighted by Crippen LogP contribution is -2.51. The molecule has 3 aliphatic heterocycles. The van der Waals surface area contributed by atoms with Crippen LogP contribution in [0.1, 0.15) is 31.4 Å². The molecule has 29 heavy (non-hydrogen) atoms. The summed E-state index contributed by atoms with van der Waals surface area (Å²) in [6, 6.07) is 6.09. The second kappa shape index (κ2) is 8.90. The minimum Gasteiger partial charge on any atom is -0.486 e. The molecule has 158 valence electrons. The topological polar surface area (TPSA) is 71.6 Å². The summed E-state index contributed by atoms with van der Waals surface area (Å²) in [4.78, 5) is 30.7. The molecule has 1 aromatic rings. The Morgan fingerprint density at radius 2 is 1.83 bits per heavy atom. The lowest BCUT2D eigenvalue weighted by Gasteiger charge is -2.35. The third-order valence-electron chi connectivity index (χ3n) is 5.78. The Morgan fingerprint density at radius 1 is 1.07 bits per heavy atom. The van der Waals surface area contributed by atoms with Gasteiger partial charge in [0, 0.05) is 32.7 Å². The zero-order chi connectivity index (χ0) is 20.2. The van der Waals surface area contributed by atoms with E-state index in [0.29, 0.717) is 52.5 Å². The van der Waals surface area contributed by atoms with Crippen molar-refractivity contribution in [1.29, 1.82) is 0 Å². The summed E-state index contributed by atoms with van der Waals surface area (Å²) in [6.07, 6.45) is 1.69. The molecule has 0 aromatic heterocycles. The van der Waals surface area contributed by atoms with Crippen molar-refractivity contribution in [1.82, 2.24) is 14.7 Å².